The molecule has 3 rings (SSSR count). The van der Waals surface area contributed by atoms with Crippen LogP contribution in [0.15, 0.2) is 18.2 Å². The number of rotatable bonds is 10. The van der Waals surface area contributed by atoms with Crippen LogP contribution in [0.25, 0.3) is 0 Å². The maximum Gasteiger partial charge on any atom is 0.263 e. The summed E-state index contributed by atoms with van der Waals surface area (Å²) in [6.45, 7) is 5.47. The smallest absolute Gasteiger partial charge is 0.263 e. The Balaban J connectivity index is 1.70. The van der Waals surface area contributed by atoms with Crippen LogP contribution in [0.2, 0.25) is 0 Å². The van der Waals surface area contributed by atoms with Gasteiger partial charge < -0.3 is 9.47 Å². The van der Waals surface area contributed by atoms with Crippen molar-refractivity contribution in [3.8, 4) is 17.6 Å². The van der Waals surface area contributed by atoms with Crippen LogP contribution < -0.4 is 9.47 Å². The van der Waals surface area contributed by atoms with E-state index in [0.717, 1.165) is 61.7 Å². The molecule has 5 nitrogen and oxygen atoms in total. The summed E-state index contributed by atoms with van der Waals surface area (Å²) in [5, 5.41) is 10.2. The van der Waals surface area contributed by atoms with E-state index in [1.165, 1.54) is 12.8 Å². The summed E-state index contributed by atoms with van der Waals surface area (Å²) in [4.78, 5) is 0. The molecule has 0 heterocycles. The first-order valence-corrected chi connectivity index (χ1v) is 13.0. The zero-order chi connectivity index (χ0) is 21.4. The van der Waals surface area contributed by atoms with Crippen molar-refractivity contribution in [1.82, 2.24) is 0 Å². The molecule has 2 aliphatic rings. The Morgan fingerprint density at radius 1 is 1.03 bits per heavy atom. The van der Waals surface area contributed by atoms with E-state index < -0.39 is 13.8 Å². The second-order valence-electron chi connectivity index (χ2n) is 8.47. The van der Waals surface area contributed by atoms with Gasteiger partial charge in [0, 0.05) is 0 Å². The summed E-state index contributed by atoms with van der Waals surface area (Å²) in [6.07, 6.45) is 9.73. The number of hydrogen-bond acceptors (Lipinski definition) is 5. The molecule has 2 aliphatic carbocycles. The van der Waals surface area contributed by atoms with Crippen molar-refractivity contribution >= 4 is 8.38 Å². The third-order valence-corrected chi connectivity index (χ3v) is 8.68. The number of methoxy groups -OCH3 is 1. The van der Waals surface area contributed by atoms with Crippen LogP contribution >= 0.6 is 8.38 Å². The fraction of sp³-hybridized carbons (Fsp3) is 0.708. The molecule has 0 saturated heterocycles. The molecular formula is C24H37NO4P+. The zero-order valence-electron chi connectivity index (χ0n) is 18.7. The van der Waals surface area contributed by atoms with Gasteiger partial charge in [-0.25, -0.2) is 9.05 Å². The molecule has 0 bridgehead atoms. The van der Waals surface area contributed by atoms with E-state index >= 15 is 0 Å². The van der Waals surface area contributed by atoms with Gasteiger partial charge in [0.2, 0.25) is 0 Å². The minimum absolute atomic E-state index is 0.264. The van der Waals surface area contributed by atoms with Crippen molar-refractivity contribution < 1.29 is 18.5 Å². The van der Waals surface area contributed by atoms with Gasteiger partial charge in [-0.15, -0.1) is 0 Å². The van der Waals surface area contributed by atoms with Gasteiger partial charge >= 0.3 is 0 Å². The van der Waals surface area contributed by atoms with Gasteiger partial charge in [-0.2, -0.15) is 5.26 Å². The highest BCUT2D eigenvalue weighted by Gasteiger charge is 2.40. The standard InChI is InChI=1S/C24H36NO4P/c1-4-27-30(28-5-2)17-19-12-14-24(18-25,15-13-19)20-10-11-22(26-3)23(16-20)29-21-8-6-7-9-21/h10-11,16,19,21H,4-9,12-15,17H2,1-3H3/p+1. The summed E-state index contributed by atoms with van der Waals surface area (Å²) in [7, 11) is 0.477. The first-order chi connectivity index (χ1) is 14.6. The molecule has 0 spiro atoms. The average Bonchev–Trinajstić information content (AvgIpc) is 3.28. The molecule has 30 heavy (non-hydrogen) atoms. The normalized spacial score (nSPS) is 24.7. The molecule has 0 N–H and O–H groups in total. The van der Waals surface area contributed by atoms with Crippen LogP contribution in [0.4, 0.5) is 0 Å². The first-order valence-electron chi connectivity index (χ1n) is 11.5. The first kappa shape index (κ1) is 23.3. The summed E-state index contributed by atoms with van der Waals surface area (Å²) in [5.74, 6) is 2.12. The summed E-state index contributed by atoms with van der Waals surface area (Å²) in [5.41, 5.74) is 0.623. The molecule has 0 aromatic heterocycles. The maximum absolute atomic E-state index is 10.2. The number of hydrogen-bond donors (Lipinski definition) is 0. The molecule has 0 radical (unpaired) electrons. The molecule has 0 aliphatic heterocycles. The van der Waals surface area contributed by atoms with E-state index in [0.29, 0.717) is 19.1 Å². The lowest BCUT2D eigenvalue weighted by Gasteiger charge is -2.35. The van der Waals surface area contributed by atoms with Crippen LogP contribution in [-0.2, 0) is 14.5 Å². The molecule has 2 saturated carbocycles. The number of benzene rings is 1. The number of nitriles is 1. The zero-order valence-corrected chi connectivity index (χ0v) is 19.7. The second kappa shape index (κ2) is 11.3. The Morgan fingerprint density at radius 2 is 1.70 bits per heavy atom. The highest BCUT2D eigenvalue weighted by atomic mass is 31.2. The minimum Gasteiger partial charge on any atom is -0.493 e. The molecule has 2 fully saturated rings. The molecule has 0 unspecified atom stereocenters. The van der Waals surface area contributed by atoms with E-state index in [1.54, 1.807) is 7.11 Å². The lowest BCUT2D eigenvalue weighted by atomic mass is 9.68. The molecule has 6 heteroatoms. The second-order valence-corrected chi connectivity index (χ2v) is 10.2. The van der Waals surface area contributed by atoms with Crippen LogP contribution in [0.5, 0.6) is 11.5 Å². The molecule has 0 amide bonds. The van der Waals surface area contributed by atoms with Crippen LogP contribution in [0, 0.1) is 17.2 Å². The van der Waals surface area contributed by atoms with Crippen LogP contribution in [0.3, 0.4) is 0 Å². The van der Waals surface area contributed by atoms with Crippen molar-refractivity contribution in [3.05, 3.63) is 23.8 Å². The summed E-state index contributed by atoms with van der Waals surface area (Å²) >= 11 is 0. The molecule has 1 aromatic rings. The lowest BCUT2D eigenvalue weighted by molar-refractivity contribution is 0.200. The average molecular weight is 435 g/mol. The maximum atomic E-state index is 10.2. The summed E-state index contributed by atoms with van der Waals surface area (Å²) in [6, 6.07) is 8.75. The molecule has 1 aromatic carbocycles. The Labute approximate surface area is 183 Å². The predicted molar refractivity (Wildman–Crippen MR) is 122 cm³/mol. The Bertz CT molecular complexity index is 700. The third kappa shape index (κ3) is 5.67. The van der Waals surface area contributed by atoms with Gasteiger partial charge in [0.15, 0.2) is 11.5 Å². The minimum atomic E-state index is -1.20. The molecule has 0 atom stereocenters. The Morgan fingerprint density at radius 3 is 2.27 bits per heavy atom. The monoisotopic (exact) mass is 434 g/mol. The molecule has 166 valence electrons. The largest absolute Gasteiger partial charge is 0.493 e. The van der Waals surface area contributed by atoms with Crippen molar-refractivity contribution in [2.45, 2.75) is 76.7 Å². The number of ether oxygens (including phenoxy) is 2. The Hall–Kier alpha value is -1.34. The highest BCUT2D eigenvalue weighted by Crippen LogP contribution is 2.48. The highest BCUT2D eigenvalue weighted by molar-refractivity contribution is 7.47. The van der Waals surface area contributed by atoms with Gasteiger partial charge in [-0.3, -0.25) is 0 Å². The van der Waals surface area contributed by atoms with E-state index in [4.69, 9.17) is 18.5 Å². The number of nitrogens with zero attached hydrogens (tertiary/aromatic N) is 1. The van der Waals surface area contributed by atoms with E-state index in [2.05, 4.69) is 18.2 Å². The topological polar surface area (TPSA) is 60.7 Å². The van der Waals surface area contributed by atoms with Crippen molar-refractivity contribution in [2.24, 2.45) is 5.92 Å². The van der Waals surface area contributed by atoms with Gasteiger partial charge in [0.05, 0.1) is 37.9 Å². The van der Waals surface area contributed by atoms with Crippen molar-refractivity contribution in [2.75, 3.05) is 26.5 Å². The van der Waals surface area contributed by atoms with Crippen molar-refractivity contribution in [3.63, 3.8) is 0 Å². The quantitative estimate of drug-likeness (QED) is 0.417. The van der Waals surface area contributed by atoms with Crippen LogP contribution in [0.1, 0.15) is 70.8 Å². The van der Waals surface area contributed by atoms with Crippen molar-refractivity contribution in [1.29, 1.82) is 5.26 Å². The predicted octanol–water partition coefficient (Wildman–Crippen LogP) is 6.09. The van der Waals surface area contributed by atoms with Crippen LogP contribution in [-0.4, -0.2) is 32.6 Å². The van der Waals surface area contributed by atoms with Gasteiger partial charge in [0.25, 0.3) is 8.38 Å². The fourth-order valence-electron chi connectivity index (χ4n) is 4.81. The van der Waals surface area contributed by atoms with Gasteiger partial charge in [0.1, 0.15) is 6.16 Å². The van der Waals surface area contributed by atoms with E-state index in [9.17, 15) is 5.26 Å². The SMILES string of the molecule is CCO[PH+](CC1CCC(C#N)(c2ccc(OC)c(OC3CCCC3)c2)CC1)OCC. The fourth-order valence-corrected chi connectivity index (χ4v) is 6.65. The van der Waals surface area contributed by atoms with E-state index in [1.807, 2.05) is 19.9 Å². The summed E-state index contributed by atoms with van der Waals surface area (Å²) < 4.78 is 23.5. The van der Waals surface area contributed by atoms with Gasteiger partial charge in [-0.05, 0) is 88.8 Å². The lowest BCUT2D eigenvalue weighted by Crippen LogP contribution is -2.31. The molecular weight excluding hydrogens is 397 g/mol. The Kier molecular flexibility index (Phi) is 8.81. The van der Waals surface area contributed by atoms with Gasteiger partial charge in [-0.1, -0.05) is 6.07 Å². The van der Waals surface area contributed by atoms with E-state index in [-0.39, 0.29) is 6.10 Å². The third-order valence-electron chi connectivity index (χ3n) is 6.55.